The van der Waals surface area contributed by atoms with Crippen LogP contribution in [-0.4, -0.2) is 37.7 Å². The summed E-state index contributed by atoms with van der Waals surface area (Å²) in [5, 5.41) is 3.05. The second kappa shape index (κ2) is 6.46. The summed E-state index contributed by atoms with van der Waals surface area (Å²) in [5.74, 6) is -1.57. The lowest BCUT2D eigenvalue weighted by Crippen LogP contribution is -2.35. The first kappa shape index (κ1) is 17.1. The van der Waals surface area contributed by atoms with Crippen LogP contribution in [0.1, 0.15) is 12.8 Å². The van der Waals surface area contributed by atoms with Crippen molar-refractivity contribution >= 4 is 35.1 Å². The zero-order valence-electron chi connectivity index (χ0n) is 14.1. The number of anilines is 1. The van der Waals surface area contributed by atoms with Crippen LogP contribution in [0.3, 0.4) is 0 Å². The number of benzene rings is 1. The summed E-state index contributed by atoms with van der Waals surface area (Å²) in [5.41, 5.74) is 0.392. The number of amides is 1. The molecular formula is C18H18ClNO6. The van der Waals surface area contributed by atoms with Gasteiger partial charge in [-0.25, -0.2) is 0 Å². The summed E-state index contributed by atoms with van der Waals surface area (Å²) < 4.78 is 15.6. The fraction of sp³-hybridized carbons (Fsp3) is 0.500. The normalized spacial score (nSPS) is 30.8. The molecule has 0 radical (unpaired) electrons. The molecule has 3 fully saturated rings. The molecule has 0 unspecified atom stereocenters. The third-order valence-corrected chi connectivity index (χ3v) is 5.77. The van der Waals surface area contributed by atoms with Crippen LogP contribution in [0.2, 0.25) is 5.02 Å². The number of ether oxygens (including phenoxy) is 3. The van der Waals surface area contributed by atoms with Crippen molar-refractivity contribution in [1.82, 2.24) is 0 Å². The minimum absolute atomic E-state index is 0.0415. The Balaban J connectivity index is 1.36. The minimum atomic E-state index is -0.506. The highest BCUT2D eigenvalue weighted by Crippen LogP contribution is 2.57. The van der Waals surface area contributed by atoms with Crippen molar-refractivity contribution in [2.75, 3.05) is 19.0 Å². The highest BCUT2D eigenvalue weighted by Gasteiger charge is 2.64. The number of fused-ring (bicyclic) bond motifs is 1. The maximum absolute atomic E-state index is 12.4. The Hall–Kier alpha value is -2.28. The molecule has 3 aliphatic rings. The smallest absolute Gasteiger partial charge is 0.310 e. The molecule has 2 aliphatic carbocycles. The number of hydrogen-bond acceptors (Lipinski definition) is 6. The zero-order valence-corrected chi connectivity index (χ0v) is 14.8. The van der Waals surface area contributed by atoms with Crippen LogP contribution in [0.25, 0.3) is 0 Å². The van der Waals surface area contributed by atoms with E-state index in [4.69, 9.17) is 25.8 Å². The summed E-state index contributed by atoms with van der Waals surface area (Å²) in [6.45, 7) is -0.437. The van der Waals surface area contributed by atoms with Gasteiger partial charge >= 0.3 is 11.9 Å². The van der Waals surface area contributed by atoms with Gasteiger partial charge in [-0.05, 0) is 37.0 Å². The lowest BCUT2D eigenvalue weighted by molar-refractivity contribution is -0.157. The number of hydrogen-bond donors (Lipinski definition) is 1. The molecule has 4 rings (SSSR count). The molecule has 138 valence electrons. The van der Waals surface area contributed by atoms with Gasteiger partial charge in [-0.15, -0.1) is 0 Å². The minimum Gasteiger partial charge on any atom is -0.495 e. The highest BCUT2D eigenvalue weighted by atomic mass is 35.5. The van der Waals surface area contributed by atoms with E-state index in [2.05, 4.69) is 5.32 Å². The Kier molecular flexibility index (Phi) is 4.26. The number of methoxy groups -OCH3 is 1. The van der Waals surface area contributed by atoms with E-state index in [1.165, 1.54) is 7.11 Å². The Morgan fingerprint density at radius 1 is 1.35 bits per heavy atom. The van der Waals surface area contributed by atoms with Crippen LogP contribution >= 0.6 is 11.6 Å². The van der Waals surface area contributed by atoms with E-state index < -0.39 is 30.3 Å². The maximum Gasteiger partial charge on any atom is 0.310 e. The highest BCUT2D eigenvalue weighted by molar-refractivity contribution is 6.31. The first-order valence-corrected chi connectivity index (χ1v) is 8.86. The maximum atomic E-state index is 12.4. The van der Waals surface area contributed by atoms with Gasteiger partial charge in [-0.3, -0.25) is 14.4 Å². The molecule has 1 amide bonds. The molecule has 1 aromatic carbocycles. The molecule has 1 aromatic rings. The second-order valence-electron chi connectivity index (χ2n) is 6.92. The lowest BCUT2D eigenvalue weighted by Gasteiger charge is -2.22. The van der Waals surface area contributed by atoms with Crippen molar-refractivity contribution < 1.29 is 28.6 Å². The molecule has 2 bridgehead atoms. The van der Waals surface area contributed by atoms with Crippen LogP contribution in [0.5, 0.6) is 5.75 Å². The topological polar surface area (TPSA) is 90.9 Å². The standard InChI is InChI=1S/C18H18ClNO6/c1-24-12-3-2-9(19)6-11(12)20-14(21)7-25-17(22)15-8-4-10-13(5-8)26-18(23)16(10)15/h2-3,6,8,10,13,15-16H,4-5,7H2,1H3,(H,20,21)/t8-,10-,13+,15+,16-/m0/s1. The molecule has 1 aliphatic heterocycles. The molecule has 5 atom stereocenters. The Morgan fingerprint density at radius 2 is 2.15 bits per heavy atom. The predicted octanol–water partition coefficient (Wildman–Crippen LogP) is 2.03. The average Bonchev–Trinajstić information content (AvgIpc) is 3.22. The molecule has 8 heteroatoms. The van der Waals surface area contributed by atoms with Crippen LogP contribution < -0.4 is 10.1 Å². The van der Waals surface area contributed by atoms with E-state index in [-0.39, 0.29) is 23.9 Å². The predicted molar refractivity (Wildman–Crippen MR) is 90.7 cm³/mol. The molecule has 7 nitrogen and oxygen atoms in total. The van der Waals surface area contributed by atoms with E-state index in [0.29, 0.717) is 22.9 Å². The third-order valence-electron chi connectivity index (χ3n) is 5.54. The van der Waals surface area contributed by atoms with Crippen molar-refractivity contribution in [3.05, 3.63) is 23.2 Å². The monoisotopic (exact) mass is 379 g/mol. The van der Waals surface area contributed by atoms with Gasteiger partial charge in [0.1, 0.15) is 11.9 Å². The fourth-order valence-electron chi connectivity index (χ4n) is 4.52. The number of carbonyl (C=O) groups excluding carboxylic acids is 3. The van der Waals surface area contributed by atoms with Crippen LogP contribution in [0, 0.1) is 23.7 Å². The number of esters is 2. The molecule has 2 saturated carbocycles. The molecular weight excluding hydrogens is 362 g/mol. The summed E-state index contributed by atoms with van der Waals surface area (Å²) in [7, 11) is 1.47. The fourth-order valence-corrected chi connectivity index (χ4v) is 4.69. The van der Waals surface area contributed by atoms with Gasteiger partial charge in [0.15, 0.2) is 6.61 Å². The van der Waals surface area contributed by atoms with Gasteiger partial charge in [0, 0.05) is 10.9 Å². The summed E-state index contributed by atoms with van der Waals surface area (Å²) in [4.78, 5) is 36.5. The summed E-state index contributed by atoms with van der Waals surface area (Å²) in [6, 6.07) is 4.81. The van der Waals surface area contributed by atoms with Gasteiger partial charge in [0.05, 0.1) is 24.6 Å². The van der Waals surface area contributed by atoms with Crippen molar-refractivity contribution in [3.8, 4) is 5.75 Å². The molecule has 1 heterocycles. The van der Waals surface area contributed by atoms with E-state index in [1.54, 1.807) is 18.2 Å². The zero-order chi connectivity index (χ0) is 18.4. The number of rotatable bonds is 5. The van der Waals surface area contributed by atoms with Crippen molar-refractivity contribution in [2.24, 2.45) is 23.7 Å². The number of halogens is 1. The Morgan fingerprint density at radius 3 is 2.92 bits per heavy atom. The summed E-state index contributed by atoms with van der Waals surface area (Å²) in [6.07, 6.45) is 1.48. The van der Waals surface area contributed by atoms with Crippen LogP contribution in [0.15, 0.2) is 18.2 Å². The third kappa shape index (κ3) is 2.80. The first-order chi connectivity index (χ1) is 12.5. The number of carbonyl (C=O) groups is 3. The molecule has 0 spiro atoms. The van der Waals surface area contributed by atoms with Gasteiger partial charge in [0.25, 0.3) is 5.91 Å². The van der Waals surface area contributed by atoms with E-state index in [1.807, 2.05) is 0 Å². The number of nitrogens with one attached hydrogen (secondary N) is 1. The Labute approximate surface area is 154 Å². The lowest BCUT2D eigenvalue weighted by atomic mass is 9.80. The molecule has 1 saturated heterocycles. The molecule has 0 aromatic heterocycles. The van der Waals surface area contributed by atoms with E-state index in [9.17, 15) is 14.4 Å². The largest absolute Gasteiger partial charge is 0.495 e. The summed E-state index contributed by atoms with van der Waals surface area (Å²) >= 11 is 5.92. The van der Waals surface area contributed by atoms with Crippen LogP contribution in [0.4, 0.5) is 5.69 Å². The van der Waals surface area contributed by atoms with Crippen LogP contribution in [-0.2, 0) is 23.9 Å². The first-order valence-electron chi connectivity index (χ1n) is 8.48. The SMILES string of the molecule is COc1ccc(Cl)cc1NC(=O)COC(=O)[C@@H]1[C@H]2C[C@@H]3[C@@H]1C(=O)O[C@@H]3C2. The molecule has 1 N–H and O–H groups in total. The molecule has 26 heavy (non-hydrogen) atoms. The van der Waals surface area contributed by atoms with Gasteiger partial charge < -0.3 is 19.5 Å². The average molecular weight is 380 g/mol. The van der Waals surface area contributed by atoms with Crippen molar-refractivity contribution in [2.45, 2.75) is 18.9 Å². The second-order valence-corrected chi connectivity index (χ2v) is 7.36. The van der Waals surface area contributed by atoms with Crippen molar-refractivity contribution in [3.63, 3.8) is 0 Å². The quantitative estimate of drug-likeness (QED) is 0.787. The van der Waals surface area contributed by atoms with Gasteiger partial charge in [0.2, 0.25) is 0 Å². The van der Waals surface area contributed by atoms with E-state index in [0.717, 1.165) is 6.42 Å². The van der Waals surface area contributed by atoms with Gasteiger partial charge in [-0.1, -0.05) is 11.6 Å². The van der Waals surface area contributed by atoms with Gasteiger partial charge in [-0.2, -0.15) is 0 Å². The van der Waals surface area contributed by atoms with Crippen molar-refractivity contribution in [1.29, 1.82) is 0 Å². The van der Waals surface area contributed by atoms with E-state index >= 15 is 0 Å². The Bertz CT molecular complexity index is 779.